The number of hydrogen-bond acceptors (Lipinski definition) is 3. The molecule has 2 amide bonds. The molecule has 1 N–H and O–H groups in total. The van der Waals surface area contributed by atoms with Gasteiger partial charge >= 0.3 is 12.0 Å². The van der Waals surface area contributed by atoms with Crippen LogP contribution in [-0.4, -0.2) is 65.8 Å². The van der Waals surface area contributed by atoms with Crippen molar-refractivity contribution >= 4 is 12.0 Å². The SMILES string of the molecule is CCN(CC(=O)O)C(=O)N(CC)CC1CCCO1. The van der Waals surface area contributed by atoms with Crippen LogP contribution in [0.1, 0.15) is 26.7 Å². The number of rotatable bonds is 6. The summed E-state index contributed by atoms with van der Waals surface area (Å²) in [6.45, 7) is 5.68. The Balaban J connectivity index is 2.55. The van der Waals surface area contributed by atoms with Crippen LogP contribution in [-0.2, 0) is 9.53 Å². The molecule has 104 valence electrons. The highest BCUT2D eigenvalue weighted by Gasteiger charge is 2.25. The topological polar surface area (TPSA) is 70.1 Å². The van der Waals surface area contributed by atoms with E-state index >= 15 is 0 Å². The number of urea groups is 1. The second kappa shape index (κ2) is 7.20. The van der Waals surface area contributed by atoms with Gasteiger partial charge in [0.15, 0.2) is 0 Å². The molecule has 0 aliphatic carbocycles. The van der Waals surface area contributed by atoms with Crippen LogP contribution in [0.15, 0.2) is 0 Å². The molecular weight excluding hydrogens is 236 g/mol. The summed E-state index contributed by atoms with van der Waals surface area (Å²) in [6.07, 6.45) is 2.09. The highest BCUT2D eigenvalue weighted by Crippen LogP contribution is 2.14. The number of carboxylic acids is 1. The number of ether oxygens (including phenoxy) is 1. The first-order valence-electron chi connectivity index (χ1n) is 6.45. The van der Waals surface area contributed by atoms with Gasteiger partial charge in [0, 0.05) is 26.2 Å². The summed E-state index contributed by atoms with van der Waals surface area (Å²) in [5.74, 6) is -0.988. The summed E-state index contributed by atoms with van der Waals surface area (Å²) in [7, 11) is 0. The van der Waals surface area contributed by atoms with E-state index in [9.17, 15) is 9.59 Å². The van der Waals surface area contributed by atoms with Crippen LogP contribution in [0.4, 0.5) is 4.79 Å². The molecule has 1 heterocycles. The lowest BCUT2D eigenvalue weighted by Gasteiger charge is -2.29. The van der Waals surface area contributed by atoms with Gasteiger partial charge in [-0.1, -0.05) is 0 Å². The second-order valence-corrected chi connectivity index (χ2v) is 4.36. The molecule has 1 aliphatic rings. The van der Waals surface area contributed by atoms with Gasteiger partial charge in [0.1, 0.15) is 6.54 Å². The fourth-order valence-electron chi connectivity index (χ4n) is 2.05. The summed E-state index contributed by atoms with van der Waals surface area (Å²) < 4.78 is 5.50. The van der Waals surface area contributed by atoms with E-state index in [1.807, 2.05) is 6.92 Å². The fraction of sp³-hybridized carbons (Fsp3) is 0.833. The lowest BCUT2D eigenvalue weighted by Crippen LogP contribution is -2.47. The van der Waals surface area contributed by atoms with Gasteiger partial charge < -0.3 is 19.6 Å². The average molecular weight is 258 g/mol. The summed E-state index contributed by atoms with van der Waals surface area (Å²) in [6, 6.07) is -0.224. The zero-order chi connectivity index (χ0) is 13.5. The molecule has 0 bridgehead atoms. The number of likely N-dealkylation sites (N-methyl/N-ethyl adjacent to an activating group) is 2. The summed E-state index contributed by atoms with van der Waals surface area (Å²) in [4.78, 5) is 25.8. The van der Waals surface area contributed by atoms with Gasteiger partial charge in [0.2, 0.25) is 0 Å². The predicted octanol–water partition coefficient (Wildman–Crippen LogP) is 1.01. The Hall–Kier alpha value is -1.30. The van der Waals surface area contributed by atoms with Gasteiger partial charge in [-0.15, -0.1) is 0 Å². The molecule has 0 aromatic carbocycles. The standard InChI is InChI=1S/C12H22N2O4/c1-3-13(8-10-6-5-7-18-10)12(17)14(4-2)9-11(15)16/h10H,3-9H2,1-2H3,(H,15,16). The third-order valence-corrected chi connectivity index (χ3v) is 3.08. The van der Waals surface area contributed by atoms with Crippen molar-refractivity contribution in [2.24, 2.45) is 0 Å². The molecule has 6 heteroatoms. The lowest BCUT2D eigenvalue weighted by molar-refractivity contribution is -0.137. The first kappa shape index (κ1) is 14.8. The molecule has 1 unspecified atom stereocenters. The molecular formula is C12H22N2O4. The molecule has 1 atom stereocenters. The first-order chi connectivity index (χ1) is 8.58. The minimum Gasteiger partial charge on any atom is -0.480 e. The van der Waals surface area contributed by atoms with Crippen LogP contribution >= 0.6 is 0 Å². The number of hydrogen-bond donors (Lipinski definition) is 1. The van der Waals surface area contributed by atoms with E-state index in [-0.39, 0.29) is 18.7 Å². The minimum absolute atomic E-state index is 0.0948. The second-order valence-electron chi connectivity index (χ2n) is 4.36. The highest BCUT2D eigenvalue weighted by atomic mass is 16.5. The molecule has 0 radical (unpaired) electrons. The Morgan fingerprint density at radius 3 is 2.39 bits per heavy atom. The molecule has 0 aromatic heterocycles. The van der Waals surface area contributed by atoms with Gasteiger partial charge in [0.25, 0.3) is 0 Å². The maximum absolute atomic E-state index is 12.2. The lowest BCUT2D eigenvalue weighted by atomic mass is 10.2. The number of amides is 2. The molecule has 1 fully saturated rings. The van der Waals surface area contributed by atoms with Crippen molar-refractivity contribution in [1.29, 1.82) is 0 Å². The normalized spacial score (nSPS) is 18.7. The third-order valence-electron chi connectivity index (χ3n) is 3.08. The van der Waals surface area contributed by atoms with Crippen molar-refractivity contribution in [3.63, 3.8) is 0 Å². The monoisotopic (exact) mass is 258 g/mol. The number of aliphatic carboxylic acids is 1. The van der Waals surface area contributed by atoms with E-state index in [1.54, 1.807) is 11.8 Å². The fourth-order valence-corrected chi connectivity index (χ4v) is 2.05. The Morgan fingerprint density at radius 1 is 1.28 bits per heavy atom. The molecule has 1 saturated heterocycles. The van der Waals surface area contributed by atoms with Crippen molar-refractivity contribution in [2.75, 3.05) is 32.8 Å². The first-order valence-corrected chi connectivity index (χ1v) is 6.45. The van der Waals surface area contributed by atoms with Gasteiger partial charge in [-0.2, -0.15) is 0 Å². The summed E-state index contributed by atoms with van der Waals surface area (Å²) in [5.41, 5.74) is 0. The minimum atomic E-state index is -0.988. The molecule has 0 spiro atoms. The predicted molar refractivity (Wildman–Crippen MR) is 66.5 cm³/mol. The van der Waals surface area contributed by atoms with Crippen LogP contribution in [0.5, 0.6) is 0 Å². The molecule has 0 saturated carbocycles. The largest absolute Gasteiger partial charge is 0.480 e. The van der Waals surface area contributed by atoms with E-state index < -0.39 is 5.97 Å². The molecule has 6 nitrogen and oxygen atoms in total. The van der Waals surface area contributed by atoms with Crippen LogP contribution in [0.3, 0.4) is 0 Å². The zero-order valence-corrected chi connectivity index (χ0v) is 11.1. The van der Waals surface area contributed by atoms with Crippen LogP contribution in [0.2, 0.25) is 0 Å². The van der Waals surface area contributed by atoms with Gasteiger partial charge in [-0.3, -0.25) is 4.79 Å². The van der Waals surface area contributed by atoms with Crippen LogP contribution < -0.4 is 0 Å². The molecule has 1 aliphatic heterocycles. The van der Waals surface area contributed by atoms with Crippen molar-refractivity contribution in [1.82, 2.24) is 9.80 Å². The van der Waals surface area contributed by atoms with E-state index in [2.05, 4.69) is 0 Å². The zero-order valence-electron chi connectivity index (χ0n) is 11.1. The quantitative estimate of drug-likeness (QED) is 0.772. The summed E-state index contributed by atoms with van der Waals surface area (Å²) >= 11 is 0. The van der Waals surface area contributed by atoms with E-state index in [4.69, 9.17) is 9.84 Å². The van der Waals surface area contributed by atoms with E-state index in [0.29, 0.717) is 19.6 Å². The Morgan fingerprint density at radius 2 is 1.94 bits per heavy atom. The maximum Gasteiger partial charge on any atom is 0.323 e. The van der Waals surface area contributed by atoms with Gasteiger partial charge in [-0.05, 0) is 26.7 Å². The van der Waals surface area contributed by atoms with Gasteiger partial charge in [0.05, 0.1) is 6.10 Å². The van der Waals surface area contributed by atoms with Crippen molar-refractivity contribution in [2.45, 2.75) is 32.8 Å². The van der Waals surface area contributed by atoms with Crippen molar-refractivity contribution in [3.05, 3.63) is 0 Å². The Bertz CT molecular complexity index is 290. The summed E-state index contributed by atoms with van der Waals surface area (Å²) in [5, 5.41) is 8.77. The van der Waals surface area contributed by atoms with Crippen molar-refractivity contribution in [3.8, 4) is 0 Å². The Labute approximate surface area is 107 Å². The van der Waals surface area contributed by atoms with E-state index in [0.717, 1.165) is 19.4 Å². The average Bonchev–Trinajstić information content (AvgIpc) is 2.84. The number of carboxylic acid groups (broad SMARTS) is 1. The van der Waals surface area contributed by atoms with Gasteiger partial charge in [-0.25, -0.2) is 4.79 Å². The number of carbonyl (C=O) groups is 2. The Kier molecular flexibility index (Phi) is 5.91. The van der Waals surface area contributed by atoms with E-state index in [1.165, 1.54) is 4.90 Å². The highest BCUT2D eigenvalue weighted by molar-refractivity contribution is 5.80. The molecule has 0 aromatic rings. The van der Waals surface area contributed by atoms with Crippen LogP contribution in [0, 0.1) is 0 Å². The molecule has 18 heavy (non-hydrogen) atoms. The van der Waals surface area contributed by atoms with Crippen LogP contribution in [0.25, 0.3) is 0 Å². The third kappa shape index (κ3) is 4.18. The molecule has 1 rings (SSSR count). The maximum atomic E-state index is 12.2. The van der Waals surface area contributed by atoms with Crippen molar-refractivity contribution < 1.29 is 19.4 Å². The smallest absolute Gasteiger partial charge is 0.323 e. The number of carbonyl (C=O) groups excluding carboxylic acids is 1. The number of nitrogens with zero attached hydrogens (tertiary/aromatic N) is 2.